The van der Waals surface area contributed by atoms with Crippen molar-refractivity contribution in [1.29, 1.82) is 0 Å². The number of fused-ring (bicyclic) bond motifs is 1. The van der Waals surface area contributed by atoms with Crippen molar-refractivity contribution in [3.05, 3.63) is 58.3 Å². The third-order valence-corrected chi connectivity index (χ3v) is 5.47. The highest BCUT2D eigenvalue weighted by Crippen LogP contribution is 2.30. The lowest BCUT2D eigenvalue weighted by Crippen LogP contribution is -3.16. The maximum Gasteiger partial charge on any atom is 0.303 e. The molecule has 134 valence electrons. The number of piperazine rings is 1. The zero-order valence-electron chi connectivity index (χ0n) is 14.0. The summed E-state index contributed by atoms with van der Waals surface area (Å²) in [4.78, 5) is 29.4. The molecule has 0 aromatic heterocycles. The molecule has 26 heavy (non-hydrogen) atoms. The molecule has 0 unspecified atom stereocenters. The van der Waals surface area contributed by atoms with E-state index in [4.69, 9.17) is 0 Å². The van der Waals surface area contributed by atoms with Crippen molar-refractivity contribution < 1.29 is 18.9 Å². The van der Waals surface area contributed by atoms with Crippen LogP contribution in [-0.4, -0.2) is 44.5 Å². The van der Waals surface area contributed by atoms with E-state index in [1.807, 2.05) is 17.0 Å². The van der Waals surface area contributed by atoms with Crippen molar-refractivity contribution in [3.8, 4) is 0 Å². The Morgan fingerprint density at radius 1 is 1.04 bits per heavy atom. The van der Waals surface area contributed by atoms with Gasteiger partial charge >= 0.3 is 5.91 Å². The first kappa shape index (κ1) is 17.2. The summed E-state index contributed by atoms with van der Waals surface area (Å²) < 4.78 is 14.7. The zero-order chi connectivity index (χ0) is 18.3. The first-order chi connectivity index (χ1) is 12.5. The lowest BCUT2D eigenvalue weighted by Gasteiger charge is -2.35. The van der Waals surface area contributed by atoms with Crippen LogP contribution in [0.5, 0.6) is 0 Å². The number of benzene rings is 2. The third kappa shape index (κ3) is 3.01. The van der Waals surface area contributed by atoms with Crippen LogP contribution in [0.3, 0.4) is 0 Å². The number of Topliss-reactive ketones (excluding diaryl/α,β-unsaturated/α-hetero) is 1. The molecule has 7 heteroatoms. The Morgan fingerprint density at radius 3 is 2.50 bits per heavy atom. The minimum atomic E-state index is -0.470. The molecule has 1 saturated heterocycles. The number of carbonyl (C=O) groups excluding carboxylic acids is 2. The lowest BCUT2D eigenvalue weighted by molar-refractivity contribution is -0.899. The molecular weight excluding hydrogens is 401 g/mol. The van der Waals surface area contributed by atoms with Crippen molar-refractivity contribution in [2.45, 2.75) is 0 Å². The molecule has 1 amide bonds. The highest BCUT2D eigenvalue weighted by molar-refractivity contribution is 9.10. The molecule has 0 aliphatic carbocycles. The number of halogens is 2. The predicted molar refractivity (Wildman–Crippen MR) is 100 cm³/mol. The number of amides is 1. The maximum atomic E-state index is 13.9. The highest BCUT2D eigenvalue weighted by atomic mass is 79.9. The standard InChI is InChI=1S/C19H17BrFN3O2/c20-13-5-6-16-14(11-13)18(25)19(26)24(16)12-22-7-9-23(10-8-22)17-4-2-1-3-15(17)21/h1-6,11H,7-10,12H2/p+1. The van der Waals surface area contributed by atoms with Gasteiger partial charge in [0, 0.05) is 4.47 Å². The van der Waals surface area contributed by atoms with Crippen molar-refractivity contribution >= 4 is 39.0 Å². The summed E-state index contributed by atoms with van der Waals surface area (Å²) in [5.74, 6) is -1.14. The molecule has 0 spiro atoms. The summed E-state index contributed by atoms with van der Waals surface area (Å²) in [5.41, 5.74) is 1.75. The molecule has 2 aliphatic heterocycles. The van der Waals surface area contributed by atoms with Crippen LogP contribution in [0.1, 0.15) is 10.4 Å². The number of rotatable bonds is 3. The van der Waals surface area contributed by atoms with Crippen LogP contribution in [0.2, 0.25) is 0 Å². The van der Waals surface area contributed by atoms with Crippen LogP contribution in [0.4, 0.5) is 15.8 Å². The number of nitrogens with one attached hydrogen (secondary N) is 1. The normalized spacial score (nSPS) is 17.8. The Hall–Kier alpha value is -2.25. The molecule has 5 nitrogen and oxygen atoms in total. The Labute approximate surface area is 159 Å². The van der Waals surface area contributed by atoms with Gasteiger partial charge < -0.3 is 9.80 Å². The Bertz CT molecular complexity index is 881. The minimum Gasteiger partial charge on any atom is -0.358 e. The molecule has 0 bridgehead atoms. The summed E-state index contributed by atoms with van der Waals surface area (Å²) in [6, 6.07) is 12.1. The number of quaternary nitrogens is 1. The van der Waals surface area contributed by atoms with Crippen LogP contribution in [0, 0.1) is 5.82 Å². The van der Waals surface area contributed by atoms with Gasteiger partial charge in [0.25, 0.3) is 5.78 Å². The van der Waals surface area contributed by atoms with E-state index < -0.39 is 11.7 Å². The van der Waals surface area contributed by atoms with E-state index in [9.17, 15) is 14.0 Å². The second kappa shape index (κ2) is 6.81. The predicted octanol–water partition coefficient (Wildman–Crippen LogP) is 1.48. The van der Waals surface area contributed by atoms with Gasteiger partial charge in [0.15, 0.2) is 6.67 Å². The fourth-order valence-corrected chi connectivity index (χ4v) is 3.94. The van der Waals surface area contributed by atoms with Gasteiger partial charge in [-0.3, -0.25) is 14.5 Å². The van der Waals surface area contributed by atoms with E-state index in [2.05, 4.69) is 15.9 Å². The summed E-state index contributed by atoms with van der Waals surface area (Å²) in [6.07, 6.45) is 0. The second-order valence-corrected chi connectivity index (χ2v) is 7.49. The SMILES string of the molecule is O=C1C(=O)N(C[NH+]2CCN(c3ccccc3F)CC2)c2ccc(Br)cc21. The third-order valence-electron chi connectivity index (χ3n) is 4.98. The topological polar surface area (TPSA) is 45.1 Å². The van der Waals surface area contributed by atoms with Gasteiger partial charge in [-0.25, -0.2) is 4.39 Å². The molecule has 4 rings (SSSR count). The number of carbonyl (C=O) groups is 2. The van der Waals surface area contributed by atoms with Crippen molar-refractivity contribution in [1.82, 2.24) is 0 Å². The van der Waals surface area contributed by atoms with Crippen LogP contribution in [0.25, 0.3) is 0 Å². The Morgan fingerprint density at radius 2 is 1.77 bits per heavy atom. The van der Waals surface area contributed by atoms with Gasteiger partial charge in [-0.1, -0.05) is 28.1 Å². The average molecular weight is 419 g/mol. The Balaban J connectivity index is 1.45. The van der Waals surface area contributed by atoms with Crippen molar-refractivity contribution in [2.75, 3.05) is 42.6 Å². The molecule has 2 aliphatic rings. The molecule has 2 aromatic rings. The van der Waals surface area contributed by atoms with E-state index in [1.54, 1.807) is 29.2 Å². The van der Waals surface area contributed by atoms with Gasteiger partial charge in [-0.15, -0.1) is 0 Å². The van der Waals surface area contributed by atoms with Crippen LogP contribution in [0.15, 0.2) is 46.9 Å². The number of hydrogen-bond acceptors (Lipinski definition) is 3. The number of ketones is 1. The van der Waals surface area contributed by atoms with Gasteiger partial charge in [0.05, 0.1) is 43.1 Å². The largest absolute Gasteiger partial charge is 0.358 e. The average Bonchev–Trinajstić information content (AvgIpc) is 2.87. The number of para-hydroxylation sites is 1. The van der Waals surface area contributed by atoms with Gasteiger partial charge in [-0.2, -0.15) is 0 Å². The molecule has 2 heterocycles. The first-order valence-electron chi connectivity index (χ1n) is 8.53. The number of hydrogen-bond donors (Lipinski definition) is 1. The molecule has 1 fully saturated rings. The summed E-state index contributed by atoms with van der Waals surface area (Å²) >= 11 is 3.34. The van der Waals surface area contributed by atoms with Crippen molar-refractivity contribution in [2.24, 2.45) is 0 Å². The van der Waals surface area contributed by atoms with Crippen LogP contribution < -0.4 is 14.7 Å². The van der Waals surface area contributed by atoms with Crippen molar-refractivity contribution in [3.63, 3.8) is 0 Å². The van der Waals surface area contributed by atoms with E-state index in [1.165, 1.54) is 11.0 Å². The fraction of sp³-hybridized carbons (Fsp3) is 0.263. The van der Waals surface area contributed by atoms with Crippen LogP contribution >= 0.6 is 15.9 Å². The lowest BCUT2D eigenvalue weighted by atomic mass is 10.1. The molecular formula is C19H18BrFN3O2+. The zero-order valence-corrected chi connectivity index (χ0v) is 15.6. The summed E-state index contributed by atoms with van der Waals surface area (Å²) in [6.45, 7) is 3.42. The molecule has 0 atom stereocenters. The fourth-order valence-electron chi connectivity index (χ4n) is 3.58. The maximum absolute atomic E-state index is 13.9. The van der Waals surface area contributed by atoms with E-state index in [-0.39, 0.29) is 5.82 Å². The highest BCUT2D eigenvalue weighted by Gasteiger charge is 2.38. The molecule has 0 radical (unpaired) electrons. The van der Waals surface area contributed by atoms with Gasteiger partial charge in [0.2, 0.25) is 0 Å². The number of nitrogens with zero attached hydrogens (tertiary/aromatic N) is 2. The molecule has 0 saturated carbocycles. The molecule has 2 aromatic carbocycles. The van der Waals surface area contributed by atoms with Crippen LogP contribution in [-0.2, 0) is 4.79 Å². The number of anilines is 2. The summed E-state index contributed by atoms with van der Waals surface area (Å²) in [7, 11) is 0. The quantitative estimate of drug-likeness (QED) is 0.767. The Kier molecular flexibility index (Phi) is 4.50. The summed E-state index contributed by atoms with van der Waals surface area (Å²) in [5, 5.41) is 0. The van der Waals surface area contributed by atoms with E-state index in [0.29, 0.717) is 36.7 Å². The second-order valence-electron chi connectivity index (χ2n) is 6.57. The smallest absolute Gasteiger partial charge is 0.303 e. The molecule has 1 N–H and O–H groups in total. The first-order valence-corrected chi connectivity index (χ1v) is 9.32. The van der Waals surface area contributed by atoms with Gasteiger partial charge in [0.1, 0.15) is 5.82 Å². The monoisotopic (exact) mass is 418 g/mol. The minimum absolute atomic E-state index is 0.212. The van der Waals surface area contributed by atoms with E-state index >= 15 is 0 Å². The van der Waals surface area contributed by atoms with Gasteiger partial charge in [-0.05, 0) is 30.3 Å². The van der Waals surface area contributed by atoms with E-state index in [0.717, 1.165) is 17.6 Å².